The number of benzene rings is 3. The molecule has 2 aliphatic rings. The summed E-state index contributed by atoms with van der Waals surface area (Å²) in [6.07, 6.45) is 4.75. The highest BCUT2D eigenvalue weighted by Gasteiger charge is 2.46. The summed E-state index contributed by atoms with van der Waals surface area (Å²) in [5.41, 5.74) is 4.48. The highest BCUT2D eigenvalue weighted by molar-refractivity contribution is 7.89. The molecule has 1 atom stereocenters. The predicted octanol–water partition coefficient (Wildman–Crippen LogP) is 3.72. The molecular weight excluding hydrogens is 827 g/mol. The van der Waals surface area contributed by atoms with Gasteiger partial charge in [-0.05, 0) is 66.3 Å². The highest BCUT2D eigenvalue weighted by atomic mass is 32.2. The molecule has 1 fully saturated rings. The molecular formula is C42H39N7O10S2. The average molecular weight is 866 g/mol. The van der Waals surface area contributed by atoms with Crippen LogP contribution < -0.4 is 26.0 Å². The Morgan fingerprint density at radius 1 is 0.902 bits per heavy atom. The smallest absolute Gasteiger partial charge is 0.266 e. The summed E-state index contributed by atoms with van der Waals surface area (Å²) in [4.78, 5) is 93.4. The maximum atomic E-state index is 13.3. The summed E-state index contributed by atoms with van der Waals surface area (Å²) < 4.78 is 30.1. The van der Waals surface area contributed by atoms with Crippen molar-refractivity contribution in [2.45, 2.75) is 44.7 Å². The molecule has 2 aliphatic heterocycles. The second-order valence-electron chi connectivity index (χ2n) is 14.3. The van der Waals surface area contributed by atoms with E-state index in [9.17, 15) is 42.0 Å². The molecule has 5 aromatic rings. The second kappa shape index (κ2) is 18.1. The number of nitrogens with one attached hydrogen (secondary N) is 4. The Morgan fingerprint density at radius 3 is 2.43 bits per heavy atom. The number of hydrogen-bond acceptors (Lipinski definition) is 12. The summed E-state index contributed by atoms with van der Waals surface area (Å²) in [6, 6.07) is 20.4. The van der Waals surface area contributed by atoms with Crippen molar-refractivity contribution in [3.8, 4) is 28.1 Å². The number of hydrogen-bond donors (Lipinski definition) is 4. The van der Waals surface area contributed by atoms with E-state index in [0.29, 0.717) is 30.2 Å². The van der Waals surface area contributed by atoms with Gasteiger partial charge in [0.25, 0.3) is 17.7 Å². The Morgan fingerprint density at radius 2 is 1.66 bits per heavy atom. The van der Waals surface area contributed by atoms with E-state index in [1.54, 1.807) is 17.5 Å². The van der Waals surface area contributed by atoms with Crippen LogP contribution >= 0.6 is 11.3 Å². The molecule has 0 saturated carbocycles. The molecule has 4 N–H and O–H groups in total. The molecule has 0 radical (unpaired) electrons. The lowest BCUT2D eigenvalue weighted by molar-refractivity contribution is -0.136. The van der Waals surface area contributed by atoms with Crippen LogP contribution in [-0.4, -0.2) is 89.1 Å². The summed E-state index contributed by atoms with van der Waals surface area (Å²) in [5, 5.41) is 12.4. The van der Waals surface area contributed by atoms with Crippen molar-refractivity contribution in [2.24, 2.45) is 0 Å². The molecule has 0 aliphatic carbocycles. The summed E-state index contributed by atoms with van der Waals surface area (Å²) in [6.45, 7) is 0.151. The molecule has 4 heterocycles. The van der Waals surface area contributed by atoms with Gasteiger partial charge < -0.3 is 20.7 Å². The minimum absolute atomic E-state index is 0.0235. The number of carbonyl (C=O) groups is 7. The third kappa shape index (κ3) is 9.90. The Labute approximate surface area is 353 Å². The number of fused-ring (bicyclic) bond motifs is 1. The number of aromatic nitrogens is 2. The van der Waals surface area contributed by atoms with Gasteiger partial charge in [-0.2, -0.15) is 0 Å². The Kier molecular flexibility index (Phi) is 12.5. The van der Waals surface area contributed by atoms with E-state index >= 15 is 0 Å². The first kappa shape index (κ1) is 42.1. The Hall–Kier alpha value is -6.99. The van der Waals surface area contributed by atoms with Gasteiger partial charge in [0.05, 0.1) is 41.8 Å². The molecule has 1 saturated heterocycles. The average Bonchev–Trinajstić information content (AvgIpc) is 3.99. The van der Waals surface area contributed by atoms with Crippen molar-refractivity contribution in [1.29, 1.82) is 0 Å². The van der Waals surface area contributed by atoms with Gasteiger partial charge in [0.15, 0.2) is 5.13 Å². The zero-order valence-electron chi connectivity index (χ0n) is 32.6. The molecule has 7 amide bonds. The summed E-state index contributed by atoms with van der Waals surface area (Å²) in [5.74, 6) is -3.44. The van der Waals surface area contributed by atoms with Gasteiger partial charge in [0.1, 0.15) is 11.8 Å². The van der Waals surface area contributed by atoms with E-state index in [-0.39, 0.29) is 60.8 Å². The van der Waals surface area contributed by atoms with Gasteiger partial charge in [0.2, 0.25) is 33.7 Å². The number of unbranched alkanes of at least 4 members (excludes halogenated alkanes) is 1. The maximum Gasteiger partial charge on any atom is 0.266 e. The van der Waals surface area contributed by atoms with E-state index in [4.69, 9.17) is 4.74 Å². The first-order valence-electron chi connectivity index (χ1n) is 19.1. The van der Waals surface area contributed by atoms with Crippen LogP contribution in [-0.2, 0) is 35.7 Å². The first-order valence-corrected chi connectivity index (χ1v) is 21.8. The maximum absolute atomic E-state index is 13.3. The van der Waals surface area contributed by atoms with Gasteiger partial charge >= 0.3 is 0 Å². The molecule has 1 unspecified atom stereocenters. The van der Waals surface area contributed by atoms with Crippen molar-refractivity contribution in [3.05, 3.63) is 113 Å². The van der Waals surface area contributed by atoms with Crippen molar-refractivity contribution >= 4 is 67.8 Å². The van der Waals surface area contributed by atoms with Crippen LogP contribution in [0, 0.1) is 0 Å². The standard InChI is InChI=1S/C42H39N7O10S2/c1-61(57,58)48-17-16-29(23-48)38(53)44-22-36(52)47-42-45-31(24-60-42)28-10-5-9-27(20-28)26-8-4-7-25(19-26)21-43-34(50)13-2-3-18-59-33-12-6-11-30-37(33)41(56)49(40(30)55)32-14-15-35(51)46-39(32)54/h4-12,16-17,19-20,23-24,32H,2-3,13-15,18,21-22H2,1H3,(H,43,50)(H,44,53)(H,45,47,52)(H,46,51,54). The lowest BCUT2D eigenvalue weighted by Crippen LogP contribution is -2.54. The van der Waals surface area contributed by atoms with Crippen LogP contribution in [0.5, 0.6) is 5.75 Å². The van der Waals surface area contributed by atoms with Gasteiger partial charge in [-0.15, -0.1) is 11.3 Å². The molecule has 314 valence electrons. The molecule has 0 spiro atoms. The topological polar surface area (TPSA) is 232 Å². The van der Waals surface area contributed by atoms with Crippen LogP contribution in [0.1, 0.15) is 68.7 Å². The third-order valence-electron chi connectivity index (χ3n) is 9.87. The monoisotopic (exact) mass is 865 g/mol. The number of piperidine rings is 1. The fraction of sp³-hybridized carbons (Fsp3) is 0.238. The summed E-state index contributed by atoms with van der Waals surface area (Å²) in [7, 11) is -3.54. The lowest BCUT2D eigenvalue weighted by Gasteiger charge is -2.27. The molecule has 61 heavy (non-hydrogen) atoms. The van der Waals surface area contributed by atoms with Crippen molar-refractivity contribution in [2.75, 3.05) is 24.7 Å². The van der Waals surface area contributed by atoms with E-state index < -0.39 is 51.5 Å². The van der Waals surface area contributed by atoms with Crippen LogP contribution in [0.15, 0.2) is 90.6 Å². The molecule has 19 heteroatoms. The predicted molar refractivity (Wildman–Crippen MR) is 223 cm³/mol. The number of thiazole rings is 1. The zero-order valence-corrected chi connectivity index (χ0v) is 34.3. The Bertz CT molecular complexity index is 2690. The molecule has 7 rings (SSSR count). The lowest BCUT2D eigenvalue weighted by atomic mass is 10.0. The van der Waals surface area contributed by atoms with Crippen molar-refractivity contribution in [3.63, 3.8) is 0 Å². The number of carbonyl (C=O) groups excluding carboxylic acids is 7. The molecule has 2 aromatic heterocycles. The number of imide groups is 2. The minimum Gasteiger partial charge on any atom is -0.493 e. The number of amides is 7. The fourth-order valence-electron chi connectivity index (χ4n) is 6.79. The normalized spacial score (nSPS) is 15.0. The van der Waals surface area contributed by atoms with E-state index in [1.165, 1.54) is 35.9 Å². The highest BCUT2D eigenvalue weighted by Crippen LogP contribution is 2.34. The second-order valence-corrected chi connectivity index (χ2v) is 17.0. The quantitative estimate of drug-likeness (QED) is 0.0825. The first-order chi connectivity index (χ1) is 29.2. The van der Waals surface area contributed by atoms with Gasteiger partial charge in [0, 0.05) is 42.7 Å². The number of nitrogens with zero attached hydrogens (tertiary/aromatic N) is 3. The molecule has 0 bridgehead atoms. The minimum atomic E-state index is -3.54. The number of ether oxygens (including phenoxy) is 1. The summed E-state index contributed by atoms with van der Waals surface area (Å²) >= 11 is 1.22. The third-order valence-corrected chi connectivity index (χ3v) is 11.6. The van der Waals surface area contributed by atoms with E-state index in [0.717, 1.165) is 37.4 Å². The number of anilines is 1. The molecule has 3 aromatic carbocycles. The van der Waals surface area contributed by atoms with Crippen LogP contribution in [0.2, 0.25) is 0 Å². The van der Waals surface area contributed by atoms with Gasteiger partial charge in [-0.25, -0.2) is 13.4 Å². The van der Waals surface area contributed by atoms with Gasteiger partial charge in [-0.3, -0.25) is 47.8 Å². The largest absolute Gasteiger partial charge is 0.493 e. The number of rotatable bonds is 16. The molecule has 17 nitrogen and oxygen atoms in total. The van der Waals surface area contributed by atoms with Crippen LogP contribution in [0.4, 0.5) is 5.13 Å². The SMILES string of the molecule is CS(=O)(=O)n1ccc(C(=O)NCC(=O)Nc2nc(-c3cccc(-c4cccc(CNC(=O)CCCCOc5cccc6c5C(=O)N(C5CCC(=O)NC5=O)C6=O)c4)c3)cs2)c1. The zero-order chi connectivity index (χ0) is 43.3. The fourth-order valence-corrected chi connectivity index (χ4v) is 8.11. The van der Waals surface area contributed by atoms with Gasteiger partial charge in [-0.1, -0.05) is 42.5 Å². The van der Waals surface area contributed by atoms with Crippen molar-refractivity contribution < 1.29 is 46.7 Å². The van der Waals surface area contributed by atoms with Crippen LogP contribution in [0.3, 0.4) is 0 Å². The van der Waals surface area contributed by atoms with E-state index in [2.05, 4.69) is 26.3 Å². The van der Waals surface area contributed by atoms with E-state index in [1.807, 2.05) is 48.5 Å². The van der Waals surface area contributed by atoms with Crippen molar-refractivity contribution in [1.82, 2.24) is 29.8 Å². The van der Waals surface area contributed by atoms with Crippen LogP contribution in [0.25, 0.3) is 22.4 Å². The Balaban J connectivity index is 0.855.